The van der Waals surface area contributed by atoms with Crippen molar-refractivity contribution in [1.82, 2.24) is 10.2 Å². The molecule has 47 heavy (non-hydrogen) atoms. The number of halogens is 1. The predicted molar refractivity (Wildman–Crippen MR) is 188 cm³/mol. The van der Waals surface area contributed by atoms with E-state index in [0.29, 0.717) is 11.4 Å². The summed E-state index contributed by atoms with van der Waals surface area (Å²) in [7, 11) is -2.68. The largest absolute Gasteiger partial charge is 0.497 e. The van der Waals surface area contributed by atoms with Crippen LogP contribution in [0.4, 0.5) is 5.69 Å². The molecule has 1 aliphatic rings. The molecule has 0 saturated heterocycles. The van der Waals surface area contributed by atoms with Crippen LogP contribution in [0.25, 0.3) is 0 Å². The third-order valence-corrected chi connectivity index (χ3v) is 10.7. The third-order valence-electron chi connectivity index (χ3n) is 8.44. The maximum Gasteiger partial charge on any atom is 0.264 e. The summed E-state index contributed by atoms with van der Waals surface area (Å²) >= 11 is 3.53. The standard InChI is InChI=1S/C37H40BrN3O5S/c1-46-33-20-22-34(23-21-33)47(44,45)41(32-18-9-4-10-19-32)27-36(42)40(26-29-14-11-15-30(38)24-29)35(25-28-12-5-2-6-13-28)37(43)39-31-16-7-3-8-17-31/h2,4-6,9-15,18-24,31,35H,3,7-8,16-17,25-27H2,1H3,(H,39,43)/t35-/m0/s1. The number of rotatable bonds is 13. The Hall–Kier alpha value is -4.15. The Kier molecular flexibility index (Phi) is 11.7. The molecule has 10 heteroatoms. The zero-order valence-electron chi connectivity index (χ0n) is 26.4. The van der Waals surface area contributed by atoms with Gasteiger partial charge in [-0.1, -0.05) is 95.9 Å². The molecule has 2 amide bonds. The number of methoxy groups -OCH3 is 1. The molecule has 1 fully saturated rings. The van der Waals surface area contributed by atoms with Gasteiger partial charge in [-0.3, -0.25) is 13.9 Å². The van der Waals surface area contributed by atoms with Crippen LogP contribution >= 0.6 is 15.9 Å². The summed E-state index contributed by atoms with van der Waals surface area (Å²) in [6.45, 7) is -0.395. The SMILES string of the molecule is COc1ccc(S(=O)(=O)N(CC(=O)N(Cc2cccc(Br)c2)[C@@H](Cc2ccccc2)C(=O)NC2CCCCC2)c2ccccc2)cc1. The molecule has 0 radical (unpaired) electrons. The second kappa shape index (κ2) is 16.1. The molecule has 0 spiro atoms. The average Bonchev–Trinajstić information content (AvgIpc) is 3.10. The first-order chi connectivity index (χ1) is 22.7. The van der Waals surface area contributed by atoms with Gasteiger partial charge in [-0.2, -0.15) is 0 Å². The zero-order chi connectivity index (χ0) is 33.2. The number of hydrogen-bond donors (Lipinski definition) is 1. The van der Waals surface area contributed by atoms with E-state index >= 15 is 0 Å². The van der Waals surface area contributed by atoms with Crippen LogP contribution in [0.5, 0.6) is 5.75 Å². The average molecular weight is 719 g/mol. The van der Waals surface area contributed by atoms with Crippen molar-refractivity contribution >= 4 is 43.5 Å². The van der Waals surface area contributed by atoms with Crippen LogP contribution in [-0.2, 0) is 32.6 Å². The highest BCUT2D eigenvalue weighted by Gasteiger charge is 2.35. The number of para-hydroxylation sites is 1. The Morgan fingerprint density at radius 1 is 0.851 bits per heavy atom. The molecule has 4 aromatic rings. The number of ether oxygens (including phenoxy) is 1. The summed E-state index contributed by atoms with van der Waals surface area (Å²) in [6, 6.07) is 30.9. The molecule has 0 bridgehead atoms. The second-order valence-corrected chi connectivity index (χ2v) is 14.5. The Morgan fingerprint density at radius 2 is 1.49 bits per heavy atom. The molecule has 1 N–H and O–H groups in total. The van der Waals surface area contributed by atoms with Gasteiger partial charge >= 0.3 is 0 Å². The number of amides is 2. The molecule has 8 nitrogen and oxygen atoms in total. The summed E-state index contributed by atoms with van der Waals surface area (Å²) in [5.74, 6) is -0.224. The lowest BCUT2D eigenvalue weighted by atomic mass is 9.94. The third kappa shape index (κ3) is 9.02. The first kappa shape index (κ1) is 34.2. The summed E-state index contributed by atoms with van der Waals surface area (Å²) in [4.78, 5) is 30.4. The van der Waals surface area contributed by atoms with Crippen LogP contribution in [0.15, 0.2) is 119 Å². The molecule has 0 aliphatic heterocycles. The minimum atomic E-state index is -4.19. The Morgan fingerprint density at radius 3 is 2.13 bits per heavy atom. The smallest absolute Gasteiger partial charge is 0.264 e. The van der Waals surface area contributed by atoms with Gasteiger partial charge in [0.15, 0.2) is 0 Å². The number of benzene rings is 4. The number of nitrogens with zero attached hydrogens (tertiary/aromatic N) is 2. The maximum absolute atomic E-state index is 14.6. The molecule has 4 aromatic carbocycles. The molecule has 5 rings (SSSR count). The van der Waals surface area contributed by atoms with E-state index < -0.39 is 28.5 Å². The Balaban J connectivity index is 1.54. The summed E-state index contributed by atoms with van der Waals surface area (Å²) in [5, 5.41) is 3.24. The van der Waals surface area contributed by atoms with Crippen molar-refractivity contribution in [3.63, 3.8) is 0 Å². The van der Waals surface area contributed by atoms with E-state index in [0.717, 1.165) is 52.0 Å². The van der Waals surface area contributed by atoms with Crippen LogP contribution in [0.3, 0.4) is 0 Å². The minimum Gasteiger partial charge on any atom is -0.497 e. The van der Waals surface area contributed by atoms with Crippen LogP contribution in [0, 0.1) is 0 Å². The van der Waals surface area contributed by atoms with E-state index in [1.54, 1.807) is 42.5 Å². The molecule has 246 valence electrons. The van der Waals surface area contributed by atoms with E-state index in [2.05, 4.69) is 21.2 Å². The lowest BCUT2D eigenvalue weighted by Crippen LogP contribution is -2.55. The van der Waals surface area contributed by atoms with Crippen molar-refractivity contribution in [2.24, 2.45) is 0 Å². The van der Waals surface area contributed by atoms with Crippen molar-refractivity contribution in [2.45, 2.75) is 62.0 Å². The van der Waals surface area contributed by atoms with Crippen molar-refractivity contribution in [3.8, 4) is 5.75 Å². The monoisotopic (exact) mass is 717 g/mol. The molecular weight excluding hydrogens is 678 g/mol. The minimum absolute atomic E-state index is 0.0179. The van der Waals surface area contributed by atoms with E-state index in [9.17, 15) is 18.0 Å². The number of carbonyl (C=O) groups excluding carboxylic acids is 2. The van der Waals surface area contributed by atoms with Gasteiger partial charge in [0.1, 0.15) is 18.3 Å². The summed E-state index contributed by atoms with van der Waals surface area (Å²) < 4.78 is 35.5. The van der Waals surface area contributed by atoms with E-state index in [4.69, 9.17) is 4.74 Å². The van der Waals surface area contributed by atoms with Gasteiger partial charge in [0.2, 0.25) is 11.8 Å². The van der Waals surface area contributed by atoms with Gasteiger partial charge in [-0.05, 0) is 72.5 Å². The normalized spacial score (nSPS) is 14.2. The lowest BCUT2D eigenvalue weighted by Gasteiger charge is -2.35. The highest BCUT2D eigenvalue weighted by atomic mass is 79.9. The van der Waals surface area contributed by atoms with E-state index in [1.165, 1.54) is 24.1 Å². The molecular formula is C37H40BrN3O5S. The fraction of sp³-hybridized carbons (Fsp3) is 0.297. The number of sulfonamides is 1. The Bertz CT molecular complexity index is 1730. The zero-order valence-corrected chi connectivity index (χ0v) is 28.8. The summed E-state index contributed by atoms with van der Waals surface area (Å²) in [5.41, 5.74) is 2.04. The van der Waals surface area contributed by atoms with Gasteiger partial charge in [0.05, 0.1) is 17.7 Å². The van der Waals surface area contributed by atoms with Crippen LogP contribution < -0.4 is 14.4 Å². The van der Waals surface area contributed by atoms with Crippen LogP contribution in [0.1, 0.15) is 43.2 Å². The maximum atomic E-state index is 14.6. The second-order valence-electron chi connectivity index (χ2n) is 11.7. The topological polar surface area (TPSA) is 96.0 Å². The first-order valence-corrected chi connectivity index (χ1v) is 18.1. The number of hydrogen-bond acceptors (Lipinski definition) is 5. The molecule has 0 aromatic heterocycles. The van der Waals surface area contributed by atoms with Gasteiger partial charge < -0.3 is 15.0 Å². The molecule has 1 aliphatic carbocycles. The van der Waals surface area contributed by atoms with Crippen molar-refractivity contribution in [2.75, 3.05) is 18.0 Å². The molecule has 1 atom stereocenters. The molecule has 0 heterocycles. The molecule has 0 unspecified atom stereocenters. The number of nitrogens with one attached hydrogen (secondary N) is 1. The lowest BCUT2D eigenvalue weighted by molar-refractivity contribution is -0.140. The van der Waals surface area contributed by atoms with E-state index in [1.807, 2.05) is 54.6 Å². The number of carbonyl (C=O) groups is 2. The van der Waals surface area contributed by atoms with Gasteiger partial charge in [0.25, 0.3) is 10.0 Å². The highest BCUT2D eigenvalue weighted by Crippen LogP contribution is 2.27. The molecule has 1 saturated carbocycles. The fourth-order valence-corrected chi connectivity index (χ4v) is 7.79. The van der Waals surface area contributed by atoms with Crippen LogP contribution in [-0.4, -0.2) is 50.9 Å². The van der Waals surface area contributed by atoms with E-state index in [-0.39, 0.29) is 29.8 Å². The van der Waals surface area contributed by atoms with Gasteiger partial charge in [-0.15, -0.1) is 0 Å². The van der Waals surface area contributed by atoms with Crippen molar-refractivity contribution in [1.29, 1.82) is 0 Å². The highest BCUT2D eigenvalue weighted by molar-refractivity contribution is 9.10. The summed E-state index contributed by atoms with van der Waals surface area (Å²) in [6.07, 6.45) is 5.30. The number of anilines is 1. The van der Waals surface area contributed by atoms with Crippen molar-refractivity contribution in [3.05, 3.63) is 125 Å². The van der Waals surface area contributed by atoms with Crippen LogP contribution in [0.2, 0.25) is 0 Å². The Labute approximate surface area is 285 Å². The van der Waals surface area contributed by atoms with Crippen molar-refractivity contribution < 1.29 is 22.7 Å². The predicted octanol–water partition coefficient (Wildman–Crippen LogP) is 6.74. The van der Waals surface area contributed by atoms with Gasteiger partial charge in [0, 0.05) is 23.5 Å². The van der Waals surface area contributed by atoms with Gasteiger partial charge in [-0.25, -0.2) is 8.42 Å². The first-order valence-electron chi connectivity index (χ1n) is 15.8. The fourth-order valence-electron chi connectivity index (χ4n) is 5.93. The quantitative estimate of drug-likeness (QED) is 0.165.